The minimum absolute atomic E-state index is 0. The van der Waals surface area contributed by atoms with Crippen LogP contribution in [0.1, 0.15) is 11.4 Å². The van der Waals surface area contributed by atoms with Crippen LogP contribution in [0.15, 0.2) is 45.8 Å². The van der Waals surface area contributed by atoms with Crippen molar-refractivity contribution in [1.82, 2.24) is 39.8 Å². The third-order valence-corrected chi connectivity index (χ3v) is 7.50. The third kappa shape index (κ3) is 4.86. The summed E-state index contributed by atoms with van der Waals surface area (Å²) >= 11 is 2.53. The normalized spacial score (nSPS) is 23.3. The summed E-state index contributed by atoms with van der Waals surface area (Å²) in [5.41, 5.74) is 2.03. The zero-order valence-corrected chi connectivity index (χ0v) is 23.0. The molecule has 14 nitrogen and oxygen atoms in total. The number of aliphatic carboxylic acids is 2. The molecule has 0 spiro atoms. The van der Waals surface area contributed by atoms with Gasteiger partial charge in [-0.15, -0.1) is 33.7 Å². The van der Waals surface area contributed by atoms with Crippen molar-refractivity contribution < 1.29 is 29.4 Å². The number of aryl methyl sites for hydroxylation is 2. The average Bonchev–Trinajstić information content (AvgIpc) is 3.60. The number of hydrogen-bond donors (Lipinski definition) is 0. The predicted octanol–water partition coefficient (Wildman–Crippen LogP) is -2.97. The molecule has 0 bridgehead atoms. The number of carbonyl (C=O) groups is 4. The number of carboxylic acid groups (broad SMARTS) is 2. The predicted molar refractivity (Wildman–Crippen MR) is 126 cm³/mol. The Morgan fingerprint density at radius 1 is 0.811 bits per heavy atom. The van der Waals surface area contributed by atoms with E-state index < -0.39 is 11.9 Å². The minimum atomic E-state index is -1.34. The Hall–Kier alpha value is -2.92. The molecule has 0 radical (unpaired) electrons. The van der Waals surface area contributed by atoms with Gasteiger partial charge in [-0.1, -0.05) is 10.4 Å². The number of aromatic nitrogens is 6. The van der Waals surface area contributed by atoms with Crippen LogP contribution < -0.4 is 10.2 Å². The van der Waals surface area contributed by atoms with Gasteiger partial charge in [0.2, 0.25) is 0 Å². The van der Waals surface area contributed by atoms with Crippen molar-refractivity contribution in [3.05, 3.63) is 57.1 Å². The van der Waals surface area contributed by atoms with Crippen molar-refractivity contribution in [2.24, 2.45) is 14.1 Å². The Labute approximate surface area is 246 Å². The summed E-state index contributed by atoms with van der Waals surface area (Å²) < 4.78 is 3.06. The Bertz CT molecular complexity index is 1350. The summed E-state index contributed by atoms with van der Waals surface area (Å²) in [5.74, 6) is -3.33. The molecule has 0 saturated carbocycles. The molecular weight excluding hydrogens is 552 g/mol. The number of rotatable bonds is 4. The van der Waals surface area contributed by atoms with E-state index in [-0.39, 0.29) is 71.7 Å². The van der Waals surface area contributed by atoms with Crippen LogP contribution in [-0.2, 0) is 33.3 Å². The number of hydrogen-bond acceptors (Lipinski definition) is 12. The molecule has 0 N–H and O–H groups in total. The van der Waals surface area contributed by atoms with Crippen LogP contribution in [0, 0.1) is 0 Å². The van der Waals surface area contributed by atoms with Gasteiger partial charge in [-0.2, -0.15) is 0 Å². The molecule has 2 aromatic heterocycles. The van der Waals surface area contributed by atoms with Gasteiger partial charge >= 0.3 is 37.7 Å². The maximum Gasteiger partial charge on any atom is 2.00 e. The summed E-state index contributed by atoms with van der Waals surface area (Å²) in [6.45, 7) is 0. The monoisotopic (exact) mass is 566 g/mol. The summed E-state index contributed by atoms with van der Waals surface area (Å²) in [6, 6.07) is 0. The van der Waals surface area contributed by atoms with Gasteiger partial charge in [0.05, 0.1) is 46.9 Å². The molecule has 2 fully saturated rings. The Balaban J connectivity index is 0.000000168. The fraction of sp³-hybridized carbons (Fsp3) is 0.200. The number of nitrogens with zero attached hydrogens (tertiary/aromatic N) is 8. The van der Waals surface area contributed by atoms with Gasteiger partial charge in [-0.05, 0) is 23.0 Å². The van der Waals surface area contributed by atoms with Gasteiger partial charge in [0.15, 0.2) is 0 Å². The van der Waals surface area contributed by atoms with Crippen molar-refractivity contribution in [2.45, 2.75) is 10.7 Å². The molecule has 184 valence electrons. The van der Waals surface area contributed by atoms with Gasteiger partial charge in [0.1, 0.15) is 22.1 Å². The van der Waals surface area contributed by atoms with E-state index in [0.29, 0.717) is 22.5 Å². The first kappa shape index (κ1) is 27.1. The molecule has 6 rings (SSSR count). The quantitative estimate of drug-likeness (QED) is 0.208. The fourth-order valence-corrected chi connectivity index (χ4v) is 5.93. The number of carbonyl (C=O) groups excluding carboxylic acids is 4. The van der Waals surface area contributed by atoms with E-state index in [1.54, 1.807) is 38.6 Å². The Morgan fingerprint density at radius 3 is 1.49 bits per heavy atom. The first-order chi connectivity index (χ1) is 17.2. The van der Waals surface area contributed by atoms with E-state index in [0.717, 1.165) is 0 Å². The van der Waals surface area contributed by atoms with E-state index in [2.05, 4.69) is 20.6 Å². The standard InChI is InChI=1S/2C10H8N4O3S.Ca/c2*1-13-3-5(11-12-13)2-6-8(15)14-7(10(16)17)4-18-9(6)14;/h2*2-4,9H,1H3,(H,16,17);/q;;+2/p-2/b2*6-2-;/t2*9-;/m11./s1. The first-order valence-electron chi connectivity index (χ1n) is 10.1. The van der Waals surface area contributed by atoms with Gasteiger partial charge < -0.3 is 19.8 Å². The van der Waals surface area contributed by atoms with Crippen LogP contribution in [0.3, 0.4) is 0 Å². The molecule has 2 saturated heterocycles. The smallest absolute Gasteiger partial charge is 0.543 e. The summed E-state index contributed by atoms with van der Waals surface area (Å²) in [7, 11) is 3.45. The largest absolute Gasteiger partial charge is 2.00 e. The minimum Gasteiger partial charge on any atom is -0.543 e. The number of β-lactam (4-membered cyclic amide) rings is 2. The van der Waals surface area contributed by atoms with Gasteiger partial charge in [0, 0.05) is 14.1 Å². The van der Waals surface area contributed by atoms with E-state index in [1.807, 2.05) is 0 Å². The molecule has 0 unspecified atom stereocenters. The Kier molecular flexibility index (Phi) is 7.66. The van der Waals surface area contributed by atoms with E-state index in [1.165, 1.54) is 53.5 Å². The topological polar surface area (TPSA) is 182 Å². The molecular formula is C20H14CaN8O6S2. The maximum atomic E-state index is 11.8. The average molecular weight is 567 g/mol. The second kappa shape index (κ2) is 10.4. The van der Waals surface area contributed by atoms with Crippen molar-refractivity contribution in [1.29, 1.82) is 0 Å². The van der Waals surface area contributed by atoms with Crippen LogP contribution in [0.5, 0.6) is 0 Å². The molecule has 0 aliphatic carbocycles. The van der Waals surface area contributed by atoms with E-state index in [9.17, 15) is 29.4 Å². The van der Waals surface area contributed by atoms with Gasteiger partial charge in [-0.3, -0.25) is 28.8 Å². The van der Waals surface area contributed by atoms with Crippen LogP contribution in [0.25, 0.3) is 12.2 Å². The molecule has 2 aromatic rings. The molecule has 0 aromatic carbocycles. The van der Waals surface area contributed by atoms with Crippen molar-refractivity contribution >= 4 is 97.2 Å². The second-order valence-corrected chi connectivity index (χ2v) is 9.65. The molecule has 4 aliphatic rings. The van der Waals surface area contributed by atoms with Crippen LogP contribution >= 0.6 is 23.5 Å². The van der Waals surface area contributed by atoms with Crippen LogP contribution in [0.2, 0.25) is 0 Å². The molecule has 17 heteroatoms. The molecule has 2 atom stereocenters. The van der Waals surface area contributed by atoms with Crippen LogP contribution in [0.4, 0.5) is 0 Å². The van der Waals surface area contributed by atoms with Crippen LogP contribution in [-0.4, -0.2) is 112 Å². The first-order valence-corrected chi connectivity index (χ1v) is 12.0. The third-order valence-electron chi connectivity index (χ3n) is 5.33. The number of amides is 2. The number of thioether (sulfide) groups is 2. The molecule has 4 aliphatic heterocycles. The van der Waals surface area contributed by atoms with Crippen molar-refractivity contribution in [3.8, 4) is 0 Å². The molecule has 37 heavy (non-hydrogen) atoms. The summed E-state index contributed by atoms with van der Waals surface area (Å²) in [4.78, 5) is 47.6. The second-order valence-electron chi connectivity index (χ2n) is 7.74. The van der Waals surface area contributed by atoms with E-state index >= 15 is 0 Å². The molecule has 6 heterocycles. The van der Waals surface area contributed by atoms with Crippen molar-refractivity contribution in [3.63, 3.8) is 0 Å². The SMILES string of the molecule is Cn1cc(/C=C2/C(=O)N3C(C(=O)[O-])=CS[C@H]23)nn1.Cn1cc(/C=C2/C(=O)N3C(C(=O)[O-])=CS[C@H]23)nn1.[Ca+2]. The van der Waals surface area contributed by atoms with Crippen molar-refractivity contribution in [2.75, 3.05) is 0 Å². The number of carboxylic acids is 2. The maximum absolute atomic E-state index is 11.8. The van der Waals surface area contributed by atoms with E-state index in [4.69, 9.17) is 0 Å². The number of fused-ring (bicyclic) bond motifs is 2. The molecule has 2 amide bonds. The fourth-order valence-electron chi connectivity index (χ4n) is 3.70. The zero-order chi connectivity index (χ0) is 25.7. The summed E-state index contributed by atoms with van der Waals surface area (Å²) in [5, 5.41) is 39.0. The summed E-state index contributed by atoms with van der Waals surface area (Å²) in [6.07, 6.45) is 6.59. The Morgan fingerprint density at radius 2 is 1.19 bits per heavy atom. The zero-order valence-electron chi connectivity index (χ0n) is 19.2. The van der Waals surface area contributed by atoms with Gasteiger partial charge in [0.25, 0.3) is 11.8 Å². The van der Waals surface area contributed by atoms with Gasteiger partial charge in [-0.25, -0.2) is 0 Å².